The van der Waals surface area contributed by atoms with Crippen LogP contribution in [0.2, 0.25) is 0 Å². The number of carbonyl (C=O) groups excluding carboxylic acids is 1. The maximum absolute atomic E-state index is 13.3. The highest BCUT2D eigenvalue weighted by Gasteiger charge is 2.15. The minimum Gasteiger partial charge on any atom is -0.495 e. The van der Waals surface area contributed by atoms with Gasteiger partial charge in [0.15, 0.2) is 18.2 Å². The Morgan fingerprint density at radius 3 is 2.62 bits per heavy atom. The topological polar surface area (TPSA) is 54.9 Å². The molecule has 6 heteroatoms. The summed E-state index contributed by atoms with van der Waals surface area (Å²) in [5.41, 5.74) is 2.23. The van der Waals surface area contributed by atoms with Crippen LogP contribution in [0.15, 0.2) is 36.4 Å². The zero-order chi connectivity index (χ0) is 17.7. The van der Waals surface area contributed by atoms with Gasteiger partial charge in [0.1, 0.15) is 11.8 Å². The molecule has 0 saturated carbocycles. The van der Waals surface area contributed by atoms with Gasteiger partial charge in [-0.2, -0.15) is 0 Å². The predicted molar refractivity (Wildman–Crippen MR) is 87.9 cm³/mol. The van der Waals surface area contributed by atoms with Crippen molar-refractivity contribution in [3.8, 4) is 5.75 Å². The van der Waals surface area contributed by atoms with E-state index in [9.17, 15) is 13.6 Å². The summed E-state index contributed by atoms with van der Waals surface area (Å²) in [4.78, 5) is 12.1. The Hall–Kier alpha value is -2.47. The minimum absolute atomic E-state index is 0.150. The summed E-state index contributed by atoms with van der Waals surface area (Å²) in [6.45, 7) is 3.90. The van der Waals surface area contributed by atoms with Crippen LogP contribution in [0.3, 0.4) is 0 Å². The average Bonchev–Trinajstić information content (AvgIpc) is 2.55. The molecule has 0 unspecified atom stereocenters. The summed E-state index contributed by atoms with van der Waals surface area (Å²) in [7, 11) is 1.54. The number of hydrogen-bond acceptors (Lipinski definition) is 2. The summed E-state index contributed by atoms with van der Waals surface area (Å²) in [5.74, 6) is -1.38. The van der Waals surface area contributed by atoms with Crippen LogP contribution in [0, 0.1) is 18.6 Å². The van der Waals surface area contributed by atoms with Gasteiger partial charge in [0.05, 0.1) is 12.8 Å². The average molecular weight is 335 g/mol. The first-order valence-corrected chi connectivity index (χ1v) is 7.63. The van der Waals surface area contributed by atoms with E-state index in [1.807, 2.05) is 26.0 Å². The number of methoxy groups -OCH3 is 1. The number of benzene rings is 2. The number of rotatable bonds is 6. The molecule has 24 heavy (non-hydrogen) atoms. The first-order chi connectivity index (χ1) is 11.4. The first-order valence-electron chi connectivity index (χ1n) is 7.63. The van der Waals surface area contributed by atoms with Crippen molar-refractivity contribution in [3.05, 3.63) is 59.2 Å². The van der Waals surface area contributed by atoms with Crippen LogP contribution in [-0.2, 0) is 4.79 Å². The van der Waals surface area contributed by atoms with Crippen LogP contribution in [-0.4, -0.2) is 19.6 Å². The number of nitrogens with two attached hydrogens (primary N) is 1. The Labute approximate surface area is 139 Å². The van der Waals surface area contributed by atoms with Gasteiger partial charge in [-0.15, -0.1) is 0 Å². The zero-order valence-electron chi connectivity index (χ0n) is 13.9. The van der Waals surface area contributed by atoms with Crippen LogP contribution in [0.4, 0.5) is 14.5 Å². The van der Waals surface area contributed by atoms with E-state index >= 15 is 0 Å². The number of halogens is 2. The molecule has 0 bridgehead atoms. The maximum Gasteiger partial charge on any atom is 0.279 e. The number of amides is 1. The molecule has 0 aliphatic heterocycles. The van der Waals surface area contributed by atoms with Crippen LogP contribution < -0.4 is 15.4 Å². The smallest absolute Gasteiger partial charge is 0.279 e. The molecule has 0 saturated heterocycles. The second kappa shape index (κ2) is 7.88. The van der Waals surface area contributed by atoms with Crippen molar-refractivity contribution < 1.29 is 23.6 Å². The highest BCUT2D eigenvalue weighted by Crippen LogP contribution is 2.24. The molecule has 128 valence electrons. The van der Waals surface area contributed by atoms with Crippen molar-refractivity contribution >= 4 is 11.6 Å². The standard InChI is InChI=1S/C18H20F2N2O2/c1-11-4-7-17(24-3)16(8-11)22-18(23)10-21-12(2)13-5-6-14(19)15(20)9-13/h4-9,12,21H,10H2,1-3H3,(H,22,23)/p+1/t12-/m0/s1. The van der Waals surface area contributed by atoms with Crippen LogP contribution in [0.25, 0.3) is 0 Å². The van der Waals surface area contributed by atoms with Crippen molar-refractivity contribution in [3.63, 3.8) is 0 Å². The zero-order valence-corrected chi connectivity index (χ0v) is 13.9. The van der Waals surface area contributed by atoms with E-state index in [0.717, 1.165) is 17.7 Å². The molecular formula is C18H21F2N2O2+. The molecule has 4 nitrogen and oxygen atoms in total. The van der Waals surface area contributed by atoms with Crippen LogP contribution >= 0.6 is 0 Å². The lowest BCUT2D eigenvalue weighted by atomic mass is 10.1. The lowest BCUT2D eigenvalue weighted by molar-refractivity contribution is -0.682. The van der Waals surface area contributed by atoms with Gasteiger partial charge >= 0.3 is 0 Å². The molecule has 0 heterocycles. The van der Waals surface area contributed by atoms with Gasteiger partial charge in [-0.3, -0.25) is 4.79 Å². The van der Waals surface area contributed by atoms with Crippen molar-refractivity contribution in [2.75, 3.05) is 19.0 Å². The molecule has 0 aliphatic rings. The third kappa shape index (κ3) is 4.52. The van der Waals surface area contributed by atoms with Gasteiger partial charge in [-0.1, -0.05) is 6.07 Å². The molecule has 0 aromatic heterocycles. The first kappa shape index (κ1) is 17.9. The molecule has 0 aliphatic carbocycles. The minimum atomic E-state index is -0.887. The highest BCUT2D eigenvalue weighted by molar-refractivity contribution is 5.93. The lowest BCUT2D eigenvalue weighted by Crippen LogP contribution is -2.86. The third-order valence-corrected chi connectivity index (χ3v) is 3.76. The number of quaternary nitrogens is 1. The van der Waals surface area contributed by atoms with E-state index in [0.29, 0.717) is 17.0 Å². The molecule has 0 spiro atoms. The second-order valence-corrected chi connectivity index (χ2v) is 5.65. The number of aryl methyl sites for hydroxylation is 1. The van der Waals surface area contributed by atoms with Crippen molar-refractivity contribution in [2.24, 2.45) is 0 Å². The van der Waals surface area contributed by atoms with Crippen molar-refractivity contribution in [1.29, 1.82) is 0 Å². The van der Waals surface area contributed by atoms with Gasteiger partial charge < -0.3 is 15.4 Å². The number of anilines is 1. The number of nitrogens with one attached hydrogen (secondary N) is 1. The Kier molecular flexibility index (Phi) is 5.87. The Balaban J connectivity index is 1.95. The van der Waals surface area contributed by atoms with Crippen LogP contribution in [0.5, 0.6) is 5.75 Å². The summed E-state index contributed by atoms with van der Waals surface area (Å²) in [6.07, 6.45) is 0. The monoisotopic (exact) mass is 335 g/mol. The fraction of sp³-hybridized carbons (Fsp3) is 0.278. The molecular weight excluding hydrogens is 314 g/mol. The third-order valence-electron chi connectivity index (χ3n) is 3.76. The quantitative estimate of drug-likeness (QED) is 0.852. The molecule has 0 radical (unpaired) electrons. The van der Waals surface area contributed by atoms with Crippen molar-refractivity contribution in [1.82, 2.24) is 0 Å². The fourth-order valence-electron chi connectivity index (χ4n) is 2.34. The van der Waals surface area contributed by atoms with E-state index in [1.54, 1.807) is 11.4 Å². The molecule has 1 amide bonds. The maximum atomic E-state index is 13.3. The number of carbonyl (C=O) groups is 1. The number of hydrogen-bond donors (Lipinski definition) is 2. The Bertz CT molecular complexity index is 735. The molecule has 3 N–H and O–H groups in total. The van der Waals surface area contributed by atoms with Crippen molar-refractivity contribution in [2.45, 2.75) is 19.9 Å². The summed E-state index contributed by atoms with van der Waals surface area (Å²) >= 11 is 0. The lowest BCUT2D eigenvalue weighted by Gasteiger charge is -2.13. The highest BCUT2D eigenvalue weighted by atomic mass is 19.2. The second-order valence-electron chi connectivity index (χ2n) is 5.65. The summed E-state index contributed by atoms with van der Waals surface area (Å²) < 4.78 is 31.4. The SMILES string of the molecule is COc1ccc(C)cc1NC(=O)C[NH2+][C@@H](C)c1ccc(F)c(F)c1. The Morgan fingerprint density at radius 1 is 1.21 bits per heavy atom. The van der Waals surface area contributed by atoms with E-state index in [1.165, 1.54) is 13.2 Å². The van der Waals surface area contributed by atoms with E-state index in [-0.39, 0.29) is 18.5 Å². The van der Waals surface area contributed by atoms with E-state index < -0.39 is 11.6 Å². The molecule has 1 atom stereocenters. The van der Waals surface area contributed by atoms with Gasteiger partial charge in [0, 0.05) is 5.56 Å². The van der Waals surface area contributed by atoms with Gasteiger partial charge in [-0.05, 0) is 49.7 Å². The van der Waals surface area contributed by atoms with Gasteiger partial charge in [-0.25, -0.2) is 8.78 Å². The van der Waals surface area contributed by atoms with Gasteiger partial charge in [0.2, 0.25) is 0 Å². The summed E-state index contributed by atoms with van der Waals surface area (Å²) in [6, 6.07) is 9.09. The summed E-state index contributed by atoms with van der Waals surface area (Å²) in [5, 5.41) is 4.55. The fourth-order valence-corrected chi connectivity index (χ4v) is 2.34. The molecule has 2 rings (SSSR count). The molecule has 0 fully saturated rings. The largest absolute Gasteiger partial charge is 0.495 e. The normalized spacial score (nSPS) is 11.9. The van der Waals surface area contributed by atoms with E-state index in [4.69, 9.17) is 4.74 Å². The molecule has 2 aromatic rings. The predicted octanol–water partition coefficient (Wildman–Crippen LogP) is 2.54. The van der Waals surface area contributed by atoms with Crippen LogP contribution in [0.1, 0.15) is 24.1 Å². The molecule has 2 aromatic carbocycles. The van der Waals surface area contributed by atoms with E-state index in [2.05, 4.69) is 5.32 Å². The number of ether oxygens (including phenoxy) is 1. The van der Waals surface area contributed by atoms with Gasteiger partial charge in [0.25, 0.3) is 5.91 Å². The Morgan fingerprint density at radius 2 is 1.96 bits per heavy atom.